The maximum Gasteiger partial charge on any atom is 0.281 e. The van der Waals surface area contributed by atoms with Gasteiger partial charge >= 0.3 is 0 Å². The van der Waals surface area contributed by atoms with Crippen molar-refractivity contribution in [1.29, 1.82) is 0 Å². The molecule has 0 spiro atoms. The van der Waals surface area contributed by atoms with Gasteiger partial charge in [-0.05, 0) is 0 Å². The van der Waals surface area contributed by atoms with Crippen molar-refractivity contribution in [1.82, 2.24) is 18.8 Å². The Morgan fingerprint density at radius 1 is 1.20 bits per heavy atom. The van der Waals surface area contributed by atoms with Crippen molar-refractivity contribution in [2.75, 3.05) is 46.8 Å². The Labute approximate surface area is 122 Å². The van der Waals surface area contributed by atoms with Crippen LogP contribution in [0.5, 0.6) is 0 Å². The van der Waals surface area contributed by atoms with Gasteiger partial charge in [0.25, 0.3) is 10.2 Å². The summed E-state index contributed by atoms with van der Waals surface area (Å²) in [7, 11) is -0.324. The summed E-state index contributed by atoms with van der Waals surface area (Å²) in [6.07, 6.45) is 0.457. The first-order valence-corrected chi connectivity index (χ1v) is 8.33. The van der Waals surface area contributed by atoms with Crippen LogP contribution in [0.25, 0.3) is 0 Å². The molecule has 1 amide bonds. The number of carbonyl (C=O) groups is 1. The van der Waals surface area contributed by atoms with Crippen LogP contribution in [0.4, 0.5) is 0 Å². The minimum absolute atomic E-state index is 0.0834. The third-order valence-corrected chi connectivity index (χ3v) is 5.21. The molecule has 118 valence electrons. The first-order valence-electron chi connectivity index (χ1n) is 6.94. The average molecular weight is 306 g/mol. The van der Waals surface area contributed by atoms with E-state index >= 15 is 0 Å². The van der Waals surface area contributed by atoms with Gasteiger partial charge < -0.3 is 10.2 Å². The van der Waals surface area contributed by atoms with Crippen molar-refractivity contribution in [3.8, 4) is 0 Å². The second-order valence-electron chi connectivity index (χ2n) is 5.43. The summed E-state index contributed by atoms with van der Waals surface area (Å²) in [4.78, 5) is 13.7. The van der Waals surface area contributed by atoms with E-state index in [9.17, 15) is 13.2 Å². The molecule has 1 rings (SSSR count). The second kappa shape index (κ2) is 7.35. The van der Waals surface area contributed by atoms with Crippen molar-refractivity contribution >= 4 is 16.1 Å². The highest BCUT2D eigenvalue weighted by Crippen LogP contribution is 2.10. The number of nitrogens with zero attached hydrogens (tertiary/aromatic N) is 3. The minimum Gasteiger partial charge on any atom is -0.340 e. The summed E-state index contributed by atoms with van der Waals surface area (Å²) in [5.74, 6) is 0.0834. The summed E-state index contributed by atoms with van der Waals surface area (Å²) >= 11 is 0. The number of piperazine rings is 1. The molecular weight excluding hydrogens is 280 g/mol. The van der Waals surface area contributed by atoms with E-state index < -0.39 is 10.2 Å². The molecule has 1 heterocycles. The largest absolute Gasteiger partial charge is 0.340 e. The lowest BCUT2D eigenvalue weighted by atomic mass is 10.3. The predicted octanol–water partition coefficient (Wildman–Crippen LogP) is -0.675. The van der Waals surface area contributed by atoms with Gasteiger partial charge in [0.05, 0.1) is 0 Å². The van der Waals surface area contributed by atoms with Crippen LogP contribution in [0.3, 0.4) is 0 Å². The molecule has 1 aliphatic rings. The number of carbonyl (C=O) groups excluding carboxylic acids is 1. The zero-order valence-corrected chi connectivity index (χ0v) is 13.6. The molecule has 0 aliphatic carbocycles. The molecule has 1 aliphatic heterocycles. The van der Waals surface area contributed by atoms with E-state index in [0.717, 1.165) is 0 Å². The summed E-state index contributed by atoms with van der Waals surface area (Å²) in [6.45, 7) is 6.40. The monoisotopic (exact) mass is 306 g/mol. The Bertz CT molecular complexity index is 414. The van der Waals surface area contributed by atoms with E-state index in [2.05, 4.69) is 5.32 Å². The van der Waals surface area contributed by atoms with Crippen LogP contribution in [0.2, 0.25) is 0 Å². The number of rotatable bonds is 6. The lowest BCUT2D eigenvalue weighted by Gasteiger charge is -2.35. The molecule has 0 saturated carbocycles. The van der Waals surface area contributed by atoms with Crippen LogP contribution in [-0.4, -0.2) is 80.7 Å². The quantitative estimate of drug-likeness (QED) is 0.706. The Balaban J connectivity index is 2.40. The zero-order valence-electron chi connectivity index (χ0n) is 12.8. The fourth-order valence-corrected chi connectivity index (χ4v) is 3.11. The fraction of sp³-hybridized carbons (Fsp3) is 0.917. The van der Waals surface area contributed by atoms with Crippen LogP contribution in [0.1, 0.15) is 20.3 Å². The van der Waals surface area contributed by atoms with Gasteiger partial charge in [0.1, 0.15) is 0 Å². The third kappa shape index (κ3) is 4.69. The van der Waals surface area contributed by atoms with E-state index in [1.54, 1.807) is 4.90 Å². The van der Waals surface area contributed by atoms with E-state index in [0.29, 0.717) is 45.2 Å². The Kier molecular flexibility index (Phi) is 6.38. The fourth-order valence-electron chi connectivity index (χ4n) is 2.03. The lowest BCUT2D eigenvalue weighted by molar-refractivity contribution is -0.132. The number of amides is 1. The summed E-state index contributed by atoms with van der Waals surface area (Å²) in [6, 6.07) is 0.366. The second-order valence-corrected chi connectivity index (χ2v) is 7.57. The summed E-state index contributed by atoms with van der Waals surface area (Å²) in [5, 5.41) is 3.20. The zero-order chi connectivity index (χ0) is 15.3. The first kappa shape index (κ1) is 17.4. The van der Waals surface area contributed by atoms with E-state index in [4.69, 9.17) is 0 Å². The molecule has 0 aromatic heterocycles. The third-order valence-electron chi connectivity index (χ3n) is 3.27. The average Bonchev–Trinajstić information content (AvgIpc) is 2.38. The SMILES string of the molecule is CC(C)NCCC(=O)N1CCN(S(=O)(=O)N(C)C)CC1. The molecule has 20 heavy (non-hydrogen) atoms. The van der Waals surface area contributed by atoms with Gasteiger partial charge in [-0.2, -0.15) is 17.0 Å². The van der Waals surface area contributed by atoms with Crippen LogP contribution < -0.4 is 5.32 Å². The maximum atomic E-state index is 12.0. The molecule has 0 aromatic carbocycles. The molecule has 8 heteroatoms. The van der Waals surface area contributed by atoms with Crippen LogP contribution >= 0.6 is 0 Å². The van der Waals surface area contributed by atoms with Gasteiger partial charge in [-0.1, -0.05) is 13.8 Å². The Morgan fingerprint density at radius 2 is 1.75 bits per heavy atom. The van der Waals surface area contributed by atoms with E-state index in [-0.39, 0.29) is 5.91 Å². The summed E-state index contributed by atoms with van der Waals surface area (Å²) in [5.41, 5.74) is 0. The number of hydrogen-bond donors (Lipinski definition) is 1. The topological polar surface area (TPSA) is 73.0 Å². The van der Waals surface area contributed by atoms with Crippen LogP contribution in [-0.2, 0) is 15.0 Å². The molecule has 1 N–H and O–H groups in total. The van der Waals surface area contributed by atoms with Crippen molar-refractivity contribution in [2.24, 2.45) is 0 Å². The molecule has 7 nitrogen and oxygen atoms in total. The van der Waals surface area contributed by atoms with Gasteiger partial charge in [-0.3, -0.25) is 4.79 Å². The summed E-state index contributed by atoms with van der Waals surface area (Å²) < 4.78 is 26.5. The molecule has 0 atom stereocenters. The number of hydrogen-bond acceptors (Lipinski definition) is 4. The van der Waals surface area contributed by atoms with Crippen LogP contribution in [0.15, 0.2) is 0 Å². The highest BCUT2D eigenvalue weighted by Gasteiger charge is 2.29. The standard InChI is InChI=1S/C12H26N4O3S/c1-11(2)13-6-5-12(17)15-7-9-16(10-8-15)20(18,19)14(3)4/h11,13H,5-10H2,1-4H3. The highest BCUT2D eigenvalue weighted by molar-refractivity contribution is 7.86. The highest BCUT2D eigenvalue weighted by atomic mass is 32.2. The van der Waals surface area contributed by atoms with E-state index in [1.165, 1.54) is 22.7 Å². The van der Waals surface area contributed by atoms with Crippen molar-refractivity contribution in [2.45, 2.75) is 26.3 Å². The number of nitrogens with one attached hydrogen (secondary N) is 1. The Hall–Kier alpha value is -0.700. The molecule has 0 unspecified atom stereocenters. The van der Waals surface area contributed by atoms with Crippen molar-refractivity contribution in [3.63, 3.8) is 0 Å². The predicted molar refractivity (Wildman–Crippen MR) is 78.5 cm³/mol. The molecule has 1 fully saturated rings. The van der Waals surface area contributed by atoms with Gasteiger partial charge in [-0.15, -0.1) is 0 Å². The molecule has 1 saturated heterocycles. The smallest absolute Gasteiger partial charge is 0.281 e. The maximum absolute atomic E-state index is 12.0. The van der Waals surface area contributed by atoms with Gasteiger partial charge in [0.2, 0.25) is 5.91 Å². The minimum atomic E-state index is -3.36. The van der Waals surface area contributed by atoms with Gasteiger partial charge in [-0.25, -0.2) is 0 Å². The van der Waals surface area contributed by atoms with Crippen molar-refractivity contribution < 1.29 is 13.2 Å². The molecule has 0 aromatic rings. The first-order chi connectivity index (χ1) is 9.25. The van der Waals surface area contributed by atoms with Crippen molar-refractivity contribution in [3.05, 3.63) is 0 Å². The van der Waals surface area contributed by atoms with Crippen LogP contribution in [0, 0.1) is 0 Å². The normalized spacial score (nSPS) is 18.0. The lowest BCUT2D eigenvalue weighted by Crippen LogP contribution is -2.53. The van der Waals surface area contributed by atoms with Gasteiger partial charge in [0.15, 0.2) is 0 Å². The molecule has 0 bridgehead atoms. The Morgan fingerprint density at radius 3 is 2.20 bits per heavy atom. The molecular formula is C12H26N4O3S. The van der Waals surface area contributed by atoms with E-state index in [1.807, 2.05) is 13.8 Å². The molecule has 0 radical (unpaired) electrons. The van der Waals surface area contributed by atoms with Gasteiger partial charge in [0, 0.05) is 59.3 Å².